The van der Waals surface area contributed by atoms with Gasteiger partial charge in [0.05, 0.1) is 16.8 Å². The molecule has 0 bridgehead atoms. The van der Waals surface area contributed by atoms with Crippen molar-refractivity contribution in [2.45, 2.75) is 6.18 Å². The summed E-state index contributed by atoms with van der Waals surface area (Å²) in [5, 5.41) is 4.38. The number of Topliss-reactive ketones (excluding diaryl/α,β-unsaturated/α-hetero) is 1. The molecule has 1 amide bonds. The van der Waals surface area contributed by atoms with E-state index in [0.717, 1.165) is 32.8 Å². The third-order valence-corrected chi connectivity index (χ3v) is 6.00. The van der Waals surface area contributed by atoms with Crippen LogP contribution in [0.1, 0.15) is 31.8 Å². The second kappa shape index (κ2) is 8.30. The number of ketones is 2. The summed E-state index contributed by atoms with van der Waals surface area (Å²) in [5.41, 5.74) is 2.05. The van der Waals surface area contributed by atoms with Gasteiger partial charge in [0.15, 0.2) is 5.78 Å². The molecule has 0 fully saturated rings. The van der Waals surface area contributed by atoms with Gasteiger partial charge < -0.3 is 4.90 Å². The summed E-state index contributed by atoms with van der Waals surface area (Å²) in [5.74, 6) is -1.87. The van der Waals surface area contributed by atoms with Crippen molar-refractivity contribution in [2.75, 3.05) is 14.1 Å². The molecule has 0 saturated heterocycles. The quantitative estimate of drug-likeness (QED) is 0.262. The van der Waals surface area contributed by atoms with E-state index in [1.165, 1.54) is 32.4 Å². The highest BCUT2D eigenvalue weighted by molar-refractivity contribution is 6.43. The van der Waals surface area contributed by atoms with Gasteiger partial charge in [0.2, 0.25) is 0 Å². The average Bonchev–Trinajstić information content (AvgIpc) is 3.43. The lowest BCUT2D eigenvalue weighted by Gasteiger charge is -2.09. The molecule has 36 heavy (non-hydrogen) atoms. The van der Waals surface area contributed by atoms with E-state index < -0.39 is 23.4 Å². The van der Waals surface area contributed by atoms with Crippen LogP contribution in [0, 0.1) is 0 Å². The summed E-state index contributed by atoms with van der Waals surface area (Å²) in [4.78, 5) is 39.6. The zero-order chi connectivity index (χ0) is 25.8. The molecule has 0 radical (unpaired) electrons. The third-order valence-electron chi connectivity index (χ3n) is 6.00. The minimum absolute atomic E-state index is 0.0621. The molecular formula is C27H18F3N3O3. The molecule has 1 aliphatic carbocycles. The average molecular weight is 489 g/mol. The summed E-state index contributed by atoms with van der Waals surface area (Å²) in [6.45, 7) is 0. The van der Waals surface area contributed by atoms with Crippen LogP contribution in [-0.2, 0) is 11.0 Å². The Morgan fingerprint density at radius 3 is 2.25 bits per heavy atom. The summed E-state index contributed by atoms with van der Waals surface area (Å²) in [6.07, 6.45) is -3.33. The van der Waals surface area contributed by atoms with E-state index in [1.807, 2.05) is 12.1 Å². The van der Waals surface area contributed by atoms with Crippen LogP contribution in [0.15, 0.2) is 72.9 Å². The van der Waals surface area contributed by atoms with Crippen molar-refractivity contribution >= 4 is 17.5 Å². The van der Waals surface area contributed by atoms with Gasteiger partial charge in [-0.05, 0) is 35.4 Å². The molecule has 0 atom stereocenters. The monoisotopic (exact) mass is 489 g/mol. The smallest absolute Gasteiger partial charge is 0.342 e. The molecule has 0 saturated carbocycles. The Morgan fingerprint density at radius 1 is 0.861 bits per heavy atom. The van der Waals surface area contributed by atoms with Crippen LogP contribution in [-0.4, -0.2) is 46.2 Å². The molecule has 3 aromatic carbocycles. The Kier molecular flexibility index (Phi) is 5.35. The van der Waals surface area contributed by atoms with Gasteiger partial charge in [0.25, 0.3) is 11.7 Å². The van der Waals surface area contributed by atoms with Crippen molar-refractivity contribution < 1.29 is 27.6 Å². The maximum Gasteiger partial charge on any atom is 0.416 e. The Balaban J connectivity index is 1.66. The largest absolute Gasteiger partial charge is 0.416 e. The Morgan fingerprint density at radius 2 is 1.56 bits per heavy atom. The van der Waals surface area contributed by atoms with Gasteiger partial charge in [-0.3, -0.25) is 14.4 Å². The molecule has 4 aromatic rings. The second-order valence-electron chi connectivity index (χ2n) is 8.55. The van der Waals surface area contributed by atoms with Crippen LogP contribution in [0.4, 0.5) is 13.2 Å². The van der Waals surface area contributed by atoms with E-state index in [2.05, 4.69) is 5.10 Å². The molecule has 0 N–H and O–H groups in total. The summed E-state index contributed by atoms with van der Waals surface area (Å²) >= 11 is 0. The van der Waals surface area contributed by atoms with Crippen LogP contribution in [0.5, 0.6) is 0 Å². The fourth-order valence-electron chi connectivity index (χ4n) is 4.20. The van der Waals surface area contributed by atoms with E-state index in [4.69, 9.17) is 0 Å². The highest BCUT2D eigenvalue weighted by Gasteiger charge is 2.32. The van der Waals surface area contributed by atoms with Crippen LogP contribution in [0.3, 0.4) is 0 Å². The molecular weight excluding hydrogens is 471 g/mol. The SMILES string of the molecule is CN(C)C(=O)C(=O)c1cn(-c2cccc(C(F)(F)F)c2)nc1-c1ccc2c(c1)C(=O)c1ccccc1-2. The van der Waals surface area contributed by atoms with Gasteiger partial charge in [-0.1, -0.05) is 42.5 Å². The second-order valence-corrected chi connectivity index (χ2v) is 8.55. The van der Waals surface area contributed by atoms with Gasteiger partial charge in [-0.15, -0.1) is 0 Å². The van der Waals surface area contributed by atoms with Crippen molar-refractivity contribution in [3.8, 4) is 28.1 Å². The number of alkyl halides is 3. The number of halogens is 3. The number of carbonyl (C=O) groups excluding carboxylic acids is 3. The fourth-order valence-corrected chi connectivity index (χ4v) is 4.20. The molecule has 1 aromatic heterocycles. The van der Waals surface area contributed by atoms with E-state index in [1.54, 1.807) is 30.3 Å². The van der Waals surface area contributed by atoms with E-state index in [9.17, 15) is 27.6 Å². The minimum Gasteiger partial charge on any atom is -0.342 e. The van der Waals surface area contributed by atoms with E-state index in [-0.39, 0.29) is 22.7 Å². The number of nitrogens with zero attached hydrogens (tertiary/aromatic N) is 3. The molecule has 0 unspecified atom stereocenters. The number of likely N-dealkylation sites (N-methyl/N-ethyl adjacent to an activating group) is 1. The zero-order valence-corrected chi connectivity index (χ0v) is 19.1. The Bertz CT molecular complexity index is 1570. The number of carbonyl (C=O) groups is 3. The minimum atomic E-state index is -4.57. The summed E-state index contributed by atoms with van der Waals surface area (Å²) in [7, 11) is 2.84. The summed E-state index contributed by atoms with van der Waals surface area (Å²) < 4.78 is 40.9. The molecule has 0 spiro atoms. The molecule has 1 aliphatic rings. The predicted octanol–water partition coefficient (Wildman–Crippen LogP) is 5.04. The fraction of sp³-hybridized carbons (Fsp3) is 0.111. The van der Waals surface area contributed by atoms with E-state index >= 15 is 0 Å². The van der Waals surface area contributed by atoms with Crippen LogP contribution in [0.2, 0.25) is 0 Å². The predicted molar refractivity (Wildman–Crippen MR) is 126 cm³/mol. The third kappa shape index (κ3) is 3.78. The molecule has 180 valence electrons. The lowest BCUT2D eigenvalue weighted by molar-refractivity contribution is -0.137. The topological polar surface area (TPSA) is 72.3 Å². The Hall–Kier alpha value is -4.53. The van der Waals surface area contributed by atoms with Crippen molar-refractivity contribution in [3.63, 3.8) is 0 Å². The number of hydrogen-bond acceptors (Lipinski definition) is 4. The first-order chi connectivity index (χ1) is 17.1. The van der Waals surface area contributed by atoms with Crippen molar-refractivity contribution in [2.24, 2.45) is 0 Å². The number of aromatic nitrogens is 2. The van der Waals surface area contributed by atoms with Crippen LogP contribution in [0.25, 0.3) is 28.1 Å². The molecule has 5 rings (SSSR count). The highest BCUT2D eigenvalue weighted by atomic mass is 19.4. The van der Waals surface area contributed by atoms with E-state index in [0.29, 0.717) is 16.7 Å². The molecule has 1 heterocycles. The molecule has 0 aliphatic heterocycles. The number of rotatable bonds is 4. The van der Waals surface area contributed by atoms with Crippen molar-refractivity contribution in [1.29, 1.82) is 0 Å². The van der Waals surface area contributed by atoms with Crippen molar-refractivity contribution in [3.05, 3.63) is 95.2 Å². The van der Waals surface area contributed by atoms with Crippen LogP contribution < -0.4 is 0 Å². The first-order valence-corrected chi connectivity index (χ1v) is 10.9. The maximum atomic E-state index is 13.3. The lowest BCUT2D eigenvalue weighted by Crippen LogP contribution is -2.30. The standard InChI is InChI=1S/C27H18F3N3O3/c1-32(2)26(36)25(35)22-14-33(17-7-5-6-16(13-17)27(28,29)30)31-23(22)15-10-11-19-18-8-3-4-9-20(18)24(34)21(19)12-15/h3-14H,1-2H3. The van der Waals surface area contributed by atoms with Gasteiger partial charge in [-0.2, -0.15) is 18.3 Å². The van der Waals surface area contributed by atoms with Crippen LogP contribution >= 0.6 is 0 Å². The van der Waals surface area contributed by atoms with Gasteiger partial charge in [0.1, 0.15) is 5.69 Å². The molecule has 6 nitrogen and oxygen atoms in total. The number of hydrogen-bond donors (Lipinski definition) is 0. The van der Waals surface area contributed by atoms with Gasteiger partial charge in [-0.25, -0.2) is 4.68 Å². The highest BCUT2D eigenvalue weighted by Crippen LogP contribution is 2.39. The normalized spacial score (nSPS) is 12.3. The van der Waals surface area contributed by atoms with Gasteiger partial charge >= 0.3 is 6.18 Å². The van der Waals surface area contributed by atoms with Crippen molar-refractivity contribution in [1.82, 2.24) is 14.7 Å². The number of fused-ring (bicyclic) bond motifs is 3. The Labute approximate surface area is 203 Å². The first-order valence-electron chi connectivity index (χ1n) is 10.9. The summed E-state index contributed by atoms with van der Waals surface area (Å²) in [6, 6.07) is 16.6. The first kappa shape index (κ1) is 23.2. The maximum absolute atomic E-state index is 13.3. The zero-order valence-electron chi connectivity index (χ0n) is 19.1. The number of amides is 1. The van der Waals surface area contributed by atoms with Gasteiger partial charge in [0, 0.05) is 37.0 Å². The lowest BCUT2D eigenvalue weighted by atomic mass is 9.99. The molecule has 9 heteroatoms. The number of benzene rings is 3.